The molecule has 10 heavy (non-hydrogen) atoms. The summed E-state index contributed by atoms with van der Waals surface area (Å²) >= 11 is 18.5. The van der Waals surface area contributed by atoms with Gasteiger partial charge in [-0.1, -0.05) is 0 Å². The largest absolute Gasteiger partial charge is 0.168 e. The molecule has 2 unspecified atom stereocenters. The lowest BCUT2D eigenvalue weighted by Crippen LogP contribution is -2.17. The zero-order chi connectivity index (χ0) is 7.61. The highest BCUT2D eigenvalue weighted by Gasteiger charge is 2.39. The second-order valence-corrected chi connectivity index (χ2v) is 8.77. The third-order valence-electron chi connectivity index (χ3n) is 1.08. The molecule has 0 spiro atoms. The number of hydrogen-bond acceptors (Lipinski definition) is 6. The molecule has 0 aromatic rings. The lowest BCUT2D eigenvalue weighted by molar-refractivity contribution is 1.32. The van der Waals surface area contributed by atoms with Crippen molar-refractivity contribution in [2.75, 3.05) is 10.2 Å². The Kier molecular flexibility index (Phi) is 4.45. The van der Waals surface area contributed by atoms with Crippen molar-refractivity contribution in [3.05, 3.63) is 0 Å². The Bertz CT molecular complexity index is 116. The van der Waals surface area contributed by atoms with Gasteiger partial charge in [-0.15, -0.1) is 47.9 Å². The Morgan fingerprint density at radius 3 is 2.80 bits per heavy atom. The molecule has 1 aliphatic rings. The Hall–Kier alpha value is 2.10. The molecule has 2 atom stereocenters. The Morgan fingerprint density at radius 1 is 1.70 bits per heavy atom. The molecule has 0 aromatic heterocycles. The third-order valence-corrected chi connectivity index (χ3v) is 8.18. The van der Waals surface area contributed by atoms with Gasteiger partial charge in [0, 0.05) is 10.2 Å². The van der Waals surface area contributed by atoms with Crippen LogP contribution in [0.15, 0.2) is 0 Å². The first-order valence-electron chi connectivity index (χ1n) is 2.60. The molecule has 0 amide bonds. The Balaban J connectivity index is 2.48. The van der Waals surface area contributed by atoms with Crippen LogP contribution >= 0.6 is 73.2 Å². The molecule has 1 fully saturated rings. The molecule has 0 saturated carbocycles. The van der Waals surface area contributed by atoms with Gasteiger partial charge in [0.05, 0.1) is 4.58 Å². The minimum absolute atomic E-state index is 0.0183. The van der Waals surface area contributed by atoms with E-state index in [9.17, 15) is 0 Å². The average molecular weight is 249 g/mol. The minimum atomic E-state index is -0.0183. The van der Waals surface area contributed by atoms with Crippen molar-refractivity contribution in [1.82, 2.24) is 0 Å². The van der Waals surface area contributed by atoms with Gasteiger partial charge in [-0.3, -0.25) is 0 Å². The van der Waals surface area contributed by atoms with E-state index >= 15 is 0 Å². The van der Waals surface area contributed by atoms with E-state index < -0.39 is 0 Å². The van der Waals surface area contributed by atoms with E-state index in [0.717, 1.165) is 10.2 Å². The van der Waals surface area contributed by atoms with Crippen molar-refractivity contribution >= 4 is 73.2 Å². The topological polar surface area (TPSA) is 0 Å². The van der Waals surface area contributed by atoms with Crippen LogP contribution in [0.1, 0.15) is 0 Å². The molecule has 1 aliphatic heterocycles. The molecule has 60 valence electrons. The fourth-order valence-electron chi connectivity index (χ4n) is 0.565. The van der Waals surface area contributed by atoms with Crippen molar-refractivity contribution in [3.63, 3.8) is 0 Å². The monoisotopic (exact) mass is 248 g/mol. The lowest BCUT2D eigenvalue weighted by atomic mass is 10.9. The van der Waals surface area contributed by atoms with Gasteiger partial charge in [0.25, 0.3) is 0 Å². The normalized spacial score (nSPS) is 40.5. The van der Waals surface area contributed by atoms with E-state index in [0.29, 0.717) is 4.58 Å². The summed E-state index contributed by atoms with van der Waals surface area (Å²) in [6, 6.07) is 0. The molecule has 0 nitrogen and oxygen atoms in total. The van der Waals surface area contributed by atoms with Crippen molar-refractivity contribution < 1.29 is 0 Å². The summed E-state index contributed by atoms with van der Waals surface area (Å²) < 4.78 is 0.313. The molecule has 6 heteroatoms. The van der Waals surface area contributed by atoms with E-state index in [-0.39, 0.29) is 3.41 Å². The van der Waals surface area contributed by atoms with Crippen LogP contribution in [0.5, 0.6) is 0 Å². The smallest absolute Gasteiger partial charge is 0.126 e. The quantitative estimate of drug-likeness (QED) is 0.508. The van der Waals surface area contributed by atoms with Gasteiger partial charge >= 0.3 is 0 Å². The van der Waals surface area contributed by atoms with E-state index in [2.05, 4.69) is 37.9 Å². The molecular weight excluding hydrogens is 240 g/mol. The molecule has 0 bridgehead atoms. The van der Waals surface area contributed by atoms with Gasteiger partial charge in [0.15, 0.2) is 0 Å². The highest BCUT2D eigenvalue weighted by atomic mass is 32.3. The van der Waals surface area contributed by atoms with Crippen LogP contribution in [0.4, 0.5) is 0 Å². The molecule has 1 saturated heterocycles. The van der Waals surface area contributed by atoms with E-state index in [4.69, 9.17) is 0 Å². The van der Waals surface area contributed by atoms with Gasteiger partial charge in [-0.05, 0) is 0 Å². The van der Waals surface area contributed by atoms with E-state index in [1.165, 1.54) is 0 Å². The average Bonchev–Trinajstić information content (AvgIpc) is 2.15. The molecule has 0 aliphatic carbocycles. The summed E-state index contributed by atoms with van der Waals surface area (Å²) in [6.45, 7) is 0. The highest BCUT2D eigenvalue weighted by molar-refractivity contribution is 8.39. The van der Waals surface area contributed by atoms with Crippen molar-refractivity contribution in [2.24, 2.45) is 0 Å². The summed E-state index contributed by atoms with van der Waals surface area (Å²) in [5, 5.41) is 1.91. The number of rotatable bonds is 2. The first-order valence-corrected chi connectivity index (χ1v) is 7.21. The van der Waals surface area contributed by atoms with Crippen LogP contribution < -0.4 is 0 Å². The molecule has 0 radical (unpaired) electrons. The lowest BCUT2D eigenvalue weighted by Gasteiger charge is -2.23. The second-order valence-electron chi connectivity index (χ2n) is 1.69. The number of thioether (sulfide) groups is 3. The maximum atomic E-state index is 4.54. The third kappa shape index (κ3) is 2.29. The highest BCUT2D eigenvalue weighted by Crippen LogP contribution is 2.56. The summed E-state index contributed by atoms with van der Waals surface area (Å²) in [5.74, 6) is 0. The fourth-order valence-corrected chi connectivity index (χ4v) is 7.53. The van der Waals surface area contributed by atoms with E-state index in [1.54, 1.807) is 11.8 Å². The van der Waals surface area contributed by atoms with Crippen molar-refractivity contribution in [1.29, 1.82) is 0 Å². The number of thiol groups is 3. The second kappa shape index (κ2) is 4.37. The van der Waals surface area contributed by atoms with Crippen LogP contribution in [0.25, 0.3) is 0 Å². The van der Waals surface area contributed by atoms with Crippen LogP contribution in [0.3, 0.4) is 0 Å². The van der Waals surface area contributed by atoms with Crippen molar-refractivity contribution in [3.8, 4) is 0 Å². The predicted octanol–water partition coefficient (Wildman–Crippen LogP) is 2.88. The van der Waals surface area contributed by atoms with Gasteiger partial charge in [-0.2, -0.15) is 25.3 Å². The van der Waals surface area contributed by atoms with Crippen LogP contribution in [0.2, 0.25) is 0 Å². The van der Waals surface area contributed by atoms with Gasteiger partial charge in [0.2, 0.25) is 0 Å². The molecule has 1 heterocycles. The number of hydrogen-bond donors (Lipinski definition) is 3. The molecule has 0 aromatic carbocycles. The van der Waals surface area contributed by atoms with Crippen LogP contribution in [0, 0.1) is 0 Å². The van der Waals surface area contributed by atoms with E-state index in [1.807, 2.05) is 23.5 Å². The zero-order valence-electron chi connectivity index (χ0n) is 5.06. The summed E-state index contributed by atoms with van der Waals surface area (Å²) in [6.07, 6.45) is 0. The molecule has 0 N–H and O–H groups in total. The van der Waals surface area contributed by atoms with Gasteiger partial charge < -0.3 is 0 Å². The van der Waals surface area contributed by atoms with Crippen LogP contribution in [-0.4, -0.2) is 18.2 Å². The molecule has 1 rings (SSSR count). The SMILES string of the molecule is SCSC1(S)SCSC1S. The zero-order valence-corrected chi connectivity index (χ0v) is 10.2. The fraction of sp³-hybridized carbons (Fsp3) is 1.00. The summed E-state index contributed by atoms with van der Waals surface area (Å²) in [5.41, 5.74) is 0. The maximum Gasteiger partial charge on any atom is 0.126 e. The first kappa shape index (κ1) is 10.2. The molecular formula is C4H8S6. The van der Waals surface area contributed by atoms with Gasteiger partial charge in [-0.25, -0.2) is 0 Å². The predicted molar refractivity (Wildman–Crippen MR) is 66.0 cm³/mol. The van der Waals surface area contributed by atoms with Crippen molar-refractivity contribution in [2.45, 2.75) is 7.99 Å². The van der Waals surface area contributed by atoms with Crippen LogP contribution in [-0.2, 0) is 0 Å². The first-order chi connectivity index (χ1) is 4.69. The maximum absolute atomic E-state index is 4.54. The standard InChI is InChI=1S/C4H8S6/c5-1-9-4(7)3(6)8-2-10-4/h3,5-7H,1-2H2. The summed E-state index contributed by atoms with van der Waals surface area (Å²) in [4.78, 5) is 0. The Morgan fingerprint density at radius 2 is 2.40 bits per heavy atom. The van der Waals surface area contributed by atoms with Gasteiger partial charge in [0.1, 0.15) is 3.41 Å². The Labute approximate surface area is 90.7 Å². The summed E-state index contributed by atoms with van der Waals surface area (Å²) in [7, 11) is 0. The minimum Gasteiger partial charge on any atom is -0.168 e.